The highest BCUT2D eigenvalue weighted by Crippen LogP contribution is 2.48. The number of aryl methyl sites for hydroxylation is 1. The van der Waals surface area contributed by atoms with Crippen molar-refractivity contribution in [1.82, 2.24) is 0 Å². The highest BCUT2D eigenvalue weighted by Gasteiger charge is 2.24. The molecule has 0 aromatic heterocycles. The van der Waals surface area contributed by atoms with Gasteiger partial charge in [0.2, 0.25) is 0 Å². The van der Waals surface area contributed by atoms with E-state index in [1.807, 2.05) is 0 Å². The Balaban J connectivity index is 1.86. The molecule has 114 valence electrons. The Hall–Kier alpha value is -2.86. The minimum absolute atomic E-state index is 1.00. The Kier molecular flexibility index (Phi) is 2.87. The molecule has 3 aromatic rings. The van der Waals surface area contributed by atoms with Crippen LogP contribution in [0.5, 0.6) is 0 Å². The average molecular weight is 306 g/mol. The molecule has 0 radical (unpaired) electrons. The predicted octanol–water partition coefficient (Wildman–Crippen LogP) is 6.56. The fraction of sp³-hybridized carbons (Fsp3) is 0.0833. The van der Waals surface area contributed by atoms with Crippen LogP contribution in [0, 0.1) is 6.92 Å². The van der Waals surface area contributed by atoms with Crippen LogP contribution in [0.2, 0.25) is 0 Å². The van der Waals surface area contributed by atoms with Crippen molar-refractivity contribution in [2.75, 3.05) is 0 Å². The van der Waals surface area contributed by atoms with Gasteiger partial charge in [-0.25, -0.2) is 0 Å². The molecule has 2 aliphatic rings. The van der Waals surface area contributed by atoms with Crippen LogP contribution in [0.4, 0.5) is 0 Å². The van der Waals surface area contributed by atoms with Gasteiger partial charge < -0.3 is 0 Å². The van der Waals surface area contributed by atoms with Crippen LogP contribution >= 0.6 is 0 Å². The Labute approximate surface area is 142 Å². The van der Waals surface area contributed by atoms with E-state index >= 15 is 0 Å². The average Bonchev–Trinajstić information content (AvgIpc) is 2.76. The van der Waals surface area contributed by atoms with E-state index in [1.54, 1.807) is 0 Å². The molecular weight excluding hydrogens is 288 g/mol. The summed E-state index contributed by atoms with van der Waals surface area (Å²) in [6, 6.07) is 20.1. The van der Waals surface area contributed by atoms with E-state index in [1.165, 1.54) is 49.7 Å². The molecule has 0 nitrogen and oxygen atoms in total. The lowest BCUT2D eigenvalue weighted by Crippen LogP contribution is -1.85. The maximum atomic E-state index is 2.36. The van der Waals surface area contributed by atoms with Gasteiger partial charge in [0.1, 0.15) is 0 Å². The molecule has 0 saturated heterocycles. The number of rotatable bonds is 1. The summed E-state index contributed by atoms with van der Waals surface area (Å²) in [4.78, 5) is 0. The second-order valence-electron chi connectivity index (χ2n) is 6.62. The van der Waals surface area contributed by atoms with Crippen LogP contribution in [0.1, 0.15) is 23.1 Å². The van der Waals surface area contributed by atoms with Crippen LogP contribution < -0.4 is 0 Å². The highest BCUT2D eigenvalue weighted by molar-refractivity contribution is 6.24. The minimum atomic E-state index is 1.00. The van der Waals surface area contributed by atoms with E-state index in [-0.39, 0.29) is 0 Å². The van der Waals surface area contributed by atoms with Gasteiger partial charge in [0.05, 0.1) is 0 Å². The van der Waals surface area contributed by atoms with Crippen LogP contribution in [0.3, 0.4) is 0 Å². The topological polar surface area (TPSA) is 0 Å². The van der Waals surface area contributed by atoms with Crippen LogP contribution in [-0.4, -0.2) is 0 Å². The van der Waals surface area contributed by atoms with Gasteiger partial charge in [-0.05, 0) is 57.5 Å². The summed E-state index contributed by atoms with van der Waals surface area (Å²) in [5.74, 6) is 0. The normalized spacial score (nSPS) is 15.0. The lowest BCUT2D eigenvalue weighted by atomic mass is 9.94. The van der Waals surface area contributed by atoms with Crippen molar-refractivity contribution < 1.29 is 0 Å². The maximum absolute atomic E-state index is 2.36. The second-order valence-corrected chi connectivity index (χ2v) is 6.62. The van der Waals surface area contributed by atoms with Gasteiger partial charge in [0, 0.05) is 0 Å². The number of fused-ring (bicyclic) bond motifs is 3. The molecule has 0 aliphatic heterocycles. The van der Waals surface area contributed by atoms with Crippen LogP contribution in [0.15, 0.2) is 78.9 Å². The van der Waals surface area contributed by atoms with Crippen molar-refractivity contribution in [1.29, 1.82) is 0 Å². The second kappa shape index (κ2) is 5.07. The first-order valence-electron chi connectivity index (χ1n) is 8.54. The van der Waals surface area contributed by atoms with Crippen LogP contribution in [-0.2, 0) is 0 Å². The maximum Gasteiger partial charge on any atom is -0.00203 e. The first-order chi connectivity index (χ1) is 11.8. The molecule has 0 heteroatoms. The Morgan fingerprint density at radius 1 is 0.792 bits per heavy atom. The van der Waals surface area contributed by atoms with Crippen molar-refractivity contribution in [3.63, 3.8) is 0 Å². The molecule has 0 bridgehead atoms. The van der Waals surface area contributed by atoms with Crippen LogP contribution in [0.25, 0.3) is 33.0 Å². The quantitative estimate of drug-likeness (QED) is 0.478. The molecule has 24 heavy (non-hydrogen) atoms. The van der Waals surface area contributed by atoms with E-state index in [0.717, 1.165) is 6.42 Å². The van der Waals surface area contributed by atoms with E-state index in [9.17, 15) is 0 Å². The number of hydrogen-bond donors (Lipinski definition) is 0. The number of allylic oxidation sites excluding steroid dienone is 6. The predicted molar refractivity (Wildman–Crippen MR) is 104 cm³/mol. The molecule has 2 aliphatic carbocycles. The summed E-state index contributed by atoms with van der Waals surface area (Å²) in [5.41, 5.74) is 9.44. The van der Waals surface area contributed by atoms with Gasteiger partial charge in [-0.2, -0.15) is 0 Å². The molecule has 0 N–H and O–H groups in total. The van der Waals surface area contributed by atoms with Gasteiger partial charge >= 0.3 is 0 Å². The van der Waals surface area contributed by atoms with Crippen molar-refractivity contribution in [3.05, 3.63) is 95.6 Å². The van der Waals surface area contributed by atoms with E-state index in [0.29, 0.717) is 0 Å². The summed E-state index contributed by atoms with van der Waals surface area (Å²) in [6.07, 6.45) is 10.0. The fourth-order valence-electron chi connectivity index (χ4n) is 4.04. The summed E-state index contributed by atoms with van der Waals surface area (Å²) in [6.45, 7) is 2.16. The summed E-state index contributed by atoms with van der Waals surface area (Å²) >= 11 is 0. The lowest BCUT2D eigenvalue weighted by molar-refractivity contribution is 1.41. The largest absolute Gasteiger partial charge is 0.0807 e. The zero-order valence-electron chi connectivity index (χ0n) is 13.7. The standard InChI is InChI=1S/C24H18/c1-16-7-5-8-17(15-16)18-13-14-23-20-10-4-2-3-9-19(20)22-12-6-11-21(18)24(22)23/h2-3,5-15H,4H2,1H3. The molecular formula is C24H18. The molecule has 0 spiro atoms. The third kappa shape index (κ3) is 1.86. The molecule has 0 atom stereocenters. The first-order valence-corrected chi connectivity index (χ1v) is 8.54. The smallest absolute Gasteiger partial charge is 0.00203 e. The highest BCUT2D eigenvalue weighted by atomic mass is 14.3. The molecule has 3 aromatic carbocycles. The molecule has 0 unspecified atom stereocenters. The molecule has 5 rings (SSSR count). The molecule has 0 amide bonds. The van der Waals surface area contributed by atoms with Crippen molar-refractivity contribution in [2.45, 2.75) is 13.3 Å². The monoisotopic (exact) mass is 306 g/mol. The van der Waals surface area contributed by atoms with Gasteiger partial charge in [-0.15, -0.1) is 0 Å². The third-order valence-corrected chi connectivity index (χ3v) is 5.10. The Bertz CT molecular complexity index is 1070. The third-order valence-electron chi connectivity index (χ3n) is 5.10. The van der Waals surface area contributed by atoms with Gasteiger partial charge in [0.25, 0.3) is 0 Å². The van der Waals surface area contributed by atoms with E-state index in [2.05, 4.69) is 85.8 Å². The van der Waals surface area contributed by atoms with Gasteiger partial charge in [0.15, 0.2) is 0 Å². The zero-order valence-corrected chi connectivity index (χ0v) is 13.7. The van der Waals surface area contributed by atoms with Crippen molar-refractivity contribution in [3.8, 4) is 11.1 Å². The Morgan fingerprint density at radius 2 is 1.62 bits per heavy atom. The first kappa shape index (κ1) is 13.6. The summed E-state index contributed by atoms with van der Waals surface area (Å²) < 4.78 is 0. The summed E-state index contributed by atoms with van der Waals surface area (Å²) in [5, 5.41) is 2.76. The summed E-state index contributed by atoms with van der Waals surface area (Å²) in [7, 11) is 0. The molecule has 0 heterocycles. The number of hydrogen-bond acceptors (Lipinski definition) is 0. The Morgan fingerprint density at radius 3 is 2.54 bits per heavy atom. The van der Waals surface area contributed by atoms with Crippen molar-refractivity contribution >= 4 is 21.9 Å². The zero-order chi connectivity index (χ0) is 16.1. The minimum Gasteiger partial charge on any atom is -0.0807 e. The number of benzene rings is 3. The fourth-order valence-corrected chi connectivity index (χ4v) is 4.04. The molecule has 0 fully saturated rings. The molecule has 0 saturated carbocycles. The van der Waals surface area contributed by atoms with Crippen molar-refractivity contribution in [2.24, 2.45) is 0 Å². The van der Waals surface area contributed by atoms with E-state index in [4.69, 9.17) is 0 Å². The van der Waals surface area contributed by atoms with Gasteiger partial charge in [-0.3, -0.25) is 0 Å². The lowest BCUT2D eigenvalue weighted by Gasteiger charge is -2.10. The van der Waals surface area contributed by atoms with Gasteiger partial charge in [-0.1, -0.05) is 84.5 Å². The van der Waals surface area contributed by atoms with E-state index < -0.39 is 0 Å². The SMILES string of the molecule is Cc1cccc(-c2ccc3c4c(cccc24)C2=CC=CCC=C23)c1.